The van der Waals surface area contributed by atoms with Gasteiger partial charge in [0.1, 0.15) is 5.75 Å². The van der Waals surface area contributed by atoms with Crippen LogP contribution in [0.5, 0.6) is 5.75 Å². The van der Waals surface area contributed by atoms with Gasteiger partial charge in [-0.05, 0) is 31.4 Å². The summed E-state index contributed by atoms with van der Waals surface area (Å²) in [4.78, 5) is 12.3. The van der Waals surface area contributed by atoms with E-state index >= 15 is 0 Å². The highest BCUT2D eigenvalue weighted by Gasteiger charge is 2.63. The molecule has 2 rings (SSSR count). The molecule has 1 aromatic carbocycles. The molecule has 0 radical (unpaired) electrons. The Labute approximate surface area is 150 Å². The quantitative estimate of drug-likeness (QED) is 0.741. The van der Waals surface area contributed by atoms with Gasteiger partial charge in [0.05, 0.1) is 0 Å². The standard InChI is InChI=1S/C18H23F3N2O3/c1-3-4-5-9-14-11-17(25,18(19,20)21)23(22-14)16(24)12-26-15-10-7-6-8-13(15)2/h6-8,10,25H,3-5,9,11-12H2,1-2H3. The van der Waals surface area contributed by atoms with Gasteiger partial charge in [-0.1, -0.05) is 38.0 Å². The first-order valence-electron chi connectivity index (χ1n) is 8.56. The molecule has 1 heterocycles. The monoisotopic (exact) mass is 372 g/mol. The molecule has 1 aromatic rings. The minimum atomic E-state index is -5.01. The topological polar surface area (TPSA) is 62.1 Å². The van der Waals surface area contributed by atoms with E-state index in [0.29, 0.717) is 18.6 Å². The van der Waals surface area contributed by atoms with Gasteiger partial charge in [-0.3, -0.25) is 4.79 Å². The van der Waals surface area contributed by atoms with E-state index in [1.165, 1.54) is 0 Å². The molecule has 0 spiro atoms. The largest absolute Gasteiger partial charge is 0.483 e. The average Bonchev–Trinajstić information content (AvgIpc) is 2.92. The lowest BCUT2D eigenvalue weighted by molar-refractivity contribution is -0.302. The number of hydrogen-bond donors (Lipinski definition) is 1. The van der Waals surface area contributed by atoms with E-state index in [4.69, 9.17) is 4.74 Å². The summed E-state index contributed by atoms with van der Waals surface area (Å²) >= 11 is 0. The molecule has 0 aliphatic carbocycles. The Kier molecular flexibility index (Phi) is 6.28. The Morgan fingerprint density at radius 2 is 2.04 bits per heavy atom. The fourth-order valence-electron chi connectivity index (χ4n) is 2.74. The van der Waals surface area contributed by atoms with Crippen molar-refractivity contribution in [1.82, 2.24) is 5.01 Å². The number of hydrazone groups is 1. The summed E-state index contributed by atoms with van der Waals surface area (Å²) in [6.07, 6.45) is -3.02. The normalized spacial score (nSPS) is 20.2. The van der Waals surface area contributed by atoms with E-state index < -0.39 is 30.8 Å². The van der Waals surface area contributed by atoms with Crippen molar-refractivity contribution in [3.8, 4) is 5.75 Å². The Bertz CT molecular complexity index is 676. The first-order chi connectivity index (χ1) is 12.2. The summed E-state index contributed by atoms with van der Waals surface area (Å²) < 4.78 is 45.5. The van der Waals surface area contributed by atoms with Crippen LogP contribution in [0.4, 0.5) is 13.2 Å². The van der Waals surface area contributed by atoms with Crippen molar-refractivity contribution >= 4 is 11.6 Å². The molecule has 1 aliphatic rings. The molecule has 0 fully saturated rings. The number of para-hydroxylation sites is 1. The van der Waals surface area contributed by atoms with Crippen molar-refractivity contribution in [2.45, 2.75) is 57.9 Å². The van der Waals surface area contributed by atoms with E-state index in [1.807, 2.05) is 6.92 Å². The minimum Gasteiger partial charge on any atom is -0.483 e. The van der Waals surface area contributed by atoms with Crippen LogP contribution in [0, 0.1) is 6.92 Å². The van der Waals surface area contributed by atoms with Crippen LogP contribution in [0.1, 0.15) is 44.6 Å². The fraction of sp³-hybridized carbons (Fsp3) is 0.556. The molecule has 0 saturated heterocycles. The maximum Gasteiger partial charge on any atom is 0.438 e. The maximum atomic E-state index is 13.4. The van der Waals surface area contributed by atoms with Gasteiger partial charge in [-0.2, -0.15) is 23.3 Å². The lowest BCUT2D eigenvalue weighted by Gasteiger charge is -2.32. The summed E-state index contributed by atoms with van der Waals surface area (Å²) in [6.45, 7) is 3.09. The zero-order valence-electron chi connectivity index (χ0n) is 14.8. The van der Waals surface area contributed by atoms with Crippen molar-refractivity contribution in [2.24, 2.45) is 5.10 Å². The molecule has 0 saturated carbocycles. The minimum absolute atomic E-state index is 0.132. The number of carbonyl (C=O) groups is 1. The van der Waals surface area contributed by atoms with Crippen LogP contribution in [0.3, 0.4) is 0 Å². The van der Waals surface area contributed by atoms with Crippen molar-refractivity contribution < 1.29 is 27.8 Å². The number of hydrogen-bond acceptors (Lipinski definition) is 4. The van der Waals surface area contributed by atoms with E-state index in [2.05, 4.69) is 5.10 Å². The highest BCUT2D eigenvalue weighted by atomic mass is 19.4. The number of alkyl halides is 3. The molecule has 8 heteroatoms. The number of rotatable bonds is 7. The summed E-state index contributed by atoms with van der Waals surface area (Å²) in [5.74, 6) is -0.652. The predicted molar refractivity (Wildman–Crippen MR) is 90.7 cm³/mol. The summed E-state index contributed by atoms with van der Waals surface area (Å²) in [6, 6.07) is 6.84. The average molecular weight is 372 g/mol. The molecule has 1 N–H and O–H groups in total. The predicted octanol–water partition coefficient (Wildman–Crippen LogP) is 3.79. The van der Waals surface area contributed by atoms with Crippen molar-refractivity contribution in [3.63, 3.8) is 0 Å². The van der Waals surface area contributed by atoms with Crippen molar-refractivity contribution in [2.75, 3.05) is 6.61 Å². The number of ether oxygens (including phenoxy) is 1. The lowest BCUT2D eigenvalue weighted by Crippen LogP contribution is -2.57. The first kappa shape index (κ1) is 20.2. The van der Waals surface area contributed by atoms with Gasteiger partial charge in [-0.25, -0.2) is 0 Å². The van der Waals surface area contributed by atoms with Gasteiger partial charge in [0.2, 0.25) is 0 Å². The third kappa shape index (κ3) is 4.35. The van der Waals surface area contributed by atoms with Gasteiger partial charge in [-0.15, -0.1) is 0 Å². The number of nitrogens with zero attached hydrogens (tertiary/aromatic N) is 2. The Morgan fingerprint density at radius 3 is 2.65 bits per heavy atom. The first-order valence-corrected chi connectivity index (χ1v) is 8.56. The molecule has 1 atom stereocenters. The highest BCUT2D eigenvalue weighted by molar-refractivity contribution is 5.91. The molecule has 5 nitrogen and oxygen atoms in total. The second kappa shape index (κ2) is 8.07. The summed E-state index contributed by atoms with van der Waals surface area (Å²) in [7, 11) is 0. The van der Waals surface area contributed by atoms with Gasteiger partial charge in [0, 0.05) is 12.1 Å². The third-order valence-electron chi connectivity index (χ3n) is 4.25. The van der Waals surface area contributed by atoms with Crippen LogP contribution in [0.2, 0.25) is 0 Å². The number of aliphatic hydroxyl groups is 1. The summed E-state index contributed by atoms with van der Waals surface area (Å²) in [5.41, 5.74) is -2.40. The van der Waals surface area contributed by atoms with Gasteiger partial charge in [0.15, 0.2) is 6.61 Å². The molecule has 1 aliphatic heterocycles. The number of carbonyl (C=O) groups excluding carboxylic acids is 1. The van der Waals surface area contributed by atoms with Crippen LogP contribution in [-0.2, 0) is 4.79 Å². The molecule has 1 unspecified atom stereocenters. The van der Waals surface area contributed by atoms with Crippen LogP contribution in [0.25, 0.3) is 0 Å². The summed E-state index contributed by atoms with van der Waals surface area (Å²) in [5, 5.41) is 14.0. The SMILES string of the molecule is CCCCCC1=NN(C(=O)COc2ccccc2C)C(O)(C(F)(F)F)C1. The van der Waals surface area contributed by atoms with E-state index in [1.54, 1.807) is 31.2 Å². The Morgan fingerprint density at radius 1 is 1.35 bits per heavy atom. The van der Waals surface area contributed by atoms with Gasteiger partial charge in [0.25, 0.3) is 11.6 Å². The van der Waals surface area contributed by atoms with Gasteiger partial charge < -0.3 is 9.84 Å². The number of benzene rings is 1. The van der Waals surface area contributed by atoms with Crippen LogP contribution >= 0.6 is 0 Å². The fourth-order valence-corrected chi connectivity index (χ4v) is 2.74. The lowest BCUT2D eigenvalue weighted by atomic mass is 10.0. The van der Waals surface area contributed by atoms with E-state index in [-0.39, 0.29) is 10.7 Å². The maximum absolute atomic E-state index is 13.4. The molecular weight excluding hydrogens is 349 g/mol. The van der Waals surface area contributed by atoms with Crippen molar-refractivity contribution in [1.29, 1.82) is 0 Å². The van der Waals surface area contributed by atoms with Gasteiger partial charge >= 0.3 is 6.18 Å². The molecule has 0 bridgehead atoms. The number of unbranched alkanes of at least 4 members (excludes halogenated alkanes) is 2. The number of halogens is 3. The molecular formula is C18H23F3N2O3. The molecule has 1 amide bonds. The second-order valence-electron chi connectivity index (χ2n) is 6.37. The third-order valence-corrected chi connectivity index (χ3v) is 4.25. The van der Waals surface area contributed by atoms with E-state index in [9.17, 15) is 23.1 Å². The Hall–Kier alpha value is -2.09. The molecule has 26 heavy (non-hydrogen) atoms. The van der Waals surface area contributed by atoms with E-state index in [0.717, 1.165) is 18.4 Å². The number of amides is 1. The number of aryl methyl sites for hydroxylation is 1. The zero-order chi connectivity index (χ0) is 19.4. The molecule has 0 aromatic heterocycles. The Balaban J connectivity index is 2.13. The smallest absolute Gasteiger partial charge is 0.438 e. The van der Waals surface area contributed by atoms with Crippen molar-refractivity contribution in [3.05, 3.63) is 29.8 Å². The van der Waals surface area contributed by atoms with Crippen LogP contribution in [-0.4, -0.2) is 40.2 Å². The highest BCUT2D eigenvalue weighted by Crippen LogP contribution is 2.41. The zero-order valence-corrected chi connectivity index (χ0v) is 14.8. The van der Waals surface area contributed by atoms with Crippen LogP contribution < -0.4 is 4.74 Å². The van der Waals surface area contributed by atoms with Crippen LogP contribution in [0.15, 0.2) is 29.4 Å². The second-order valence-corrected chi connectivity index (χ2v) is 6.37. The molecule has 144 valence electrons.